The van der Waals surface area contributed by atoms with Gasteiger partial charge < -0.3 is 5.32 Å². The Balaban J connectivity index is 1.72. The molecule has 1 aliphatic heterocycles. The summed E-state index contributed by atoms with van der Waals surface area (Å²) in [6.07, 6.45) is 7.13. The Morgan fingerprint density at radius 3 is 2.69 bits per heavy atom. The lowest BCUT2D eigenvalue weighted by Gasteiger charge is -2.28. The van der Waals surface area contributed by atoms with Gasteiger partial charge in [0.2, 0.25) is 0 Å². The van der Waals surface area contributed by atoms with Crippen LogP contribution in [0.3, 0.4) is 0 Å². The molecular weight excluding hydrogens is 216 g/mol. The third-order valence-electron chi connectivity index (χ3n) is 3.52. The smallest absolute Gasteiger partial charge is 0.156 e. The lowest BCUT2D eigenvalue weighted by molar-refractivity contribution is 0.356. The van der Waals surface area contributed by atoms with E-state index in [0.29, 0.717) is 5.41 Å². The second-order valence-electron chi connectivity index (χ2n) is 5.96. The minimum Gasteiger partial charge on any atom is -0.365 e. The number of aliphatic imine (C=N–C) groups is 1. The topological polar surface area (TPSA) is 24.4 Å². The van der Waals surface area contributed by atoms with Crippen molar-refractivity contribution < 1.29 is 0 Å². The first-order chi connectivity index (χ1) is 7.66. The zero-order valence-electron chi connectivity index (χ0n) is 10.6. The van der Waals surface area contributed by atoms with Crippen LogP contribution in [-0.2, 0) is 0 Å². The van der Waals surface area contributed by atoms with Crippen LogP contribution in [0.1, 0.15) is 46.0 Å². The van der Waals surface area contributed by atoms with Crippen LogP contribution in [0.4, 0.5) is 0 Å². The molecule has 1 N–H and O–H groups in total. The molecule has 16 heavy (non-hydrogen) atoms. The summed E-state index contributed by atoms with van der Waals surface area (Å²) in [7, 11) is 0. The van der Waals surface area contributed by atoms with Crippen molar-refractivity contribution in [2.75, 3.05) is 18.8 Å². The highest BCUT2D eigenvalue weighted by Gasteiger charge is 2.23. The molecule has 1 fully saturated rings. The van der Waals surface area contributed by atoms with E-state index in [1.54, 1.807) is 0 Å². The number of thioether (sulfide) groups is 1. The quantitative estimate of drug-likeness (QED) is 0.801. The van der Waals surface area contributed by atoms with Crippen molar-refractivity contribution >= 4 is 16.9 Å². The minimum absolute atomic E-state index is 0.390. The van der Waals surface area contributed by atoms with E-state index in [4.69, 9.17) is 0 Å². The van der Waals surface area contributed by atoms with Crippen LogP contribution in [0.15, 0.2) is 4.99 Å². The van der Waals surface area contributed by atoms with Gasteiger partial charge in [0.15, 0.2) is 5.17 Å². The van der Waals surface area contributed by atoms with Crippen LogP contribution < -0.4 is 5.32 Å². The van der Waals surface area contributed by atoms with Gasteiger partial charge in [-0.1, -0.05) is 44.9 Å². The van der Waals surface area contributed by atoms with Gasteiger partial charge in [-0.25, -0.2) is 0 Å². The summed E-state index contributed by atoms with van der Waals surface area (Å²) in [5, 5.41) is 4.73. The van der Waals surface area contributed by atoms with Crippen molar-refractivity contribution in [1.82, 2.24) is 5.32 Å². The summed E-state index contributed by atoms with van der Waals surface area (Å²) >= 11 is 1.90. The van der Waals surface area contributed by atoms with E-state index >= 15 is 0 Å². The first-order valence-electron chi connectivity index (χ1n) is 6.57. The maximum absolute atomic E-state index is 4.64. The molecule has 0 aromatic rings. The largest absolute Gasteiger partial charge is 0.365 e. The van der Waals surface area contributed by atoms with Crippen LogP contribution in [-0.4, -0.2) is 24.0 Å². The summed E-state index contributed by atoms with van der Waals surface area (Å²) in [4.78, 5) is 4.64. The Kier molecular flexibility index (Phi) is 4.17. The van der Waals surface area contributed by atoms with E-state index in [-0.39, 0.29) is 0 Å². The number of rotatable bonds is 2. The summed E-state index contributed by atoms with van der Waals surface area (Å²) in [5.41, 5.74) is 0.390. The second kappa shape index (κ2) is 5.44. The lowest BCUT2D eigenvalue weighted by Crippen LogP contribution is -2.34. The minimum atomic E-state index is 0.390. The maximum atomic E-state index is 4.64. The van der Waals surface area contributed by atoms with Crippen LogP contribution in [0, 0.1) is 11.3 Å². The van der Waals surface area contributed by atoms with Gasteiger partial charge in [0, 0.05) is 18.8 Å². The van der Waals surface area contributed by atoms with E-state index < -0.39 is 0 Å². The van der Waals surface area contributed by atoms with E-state index in [2.05, 4.69) is 24.2 Å². The maximum Gasteiger partial charge on any atom is 0.156 e. The Morgan fingerprint density at radius 1 is 1.31 bits per heavy atom. The van der Waals surface area contributed by atoms with Crippen molar-refractivity contribution in [1.29, 1.82) is 0 Å². The molecule has 0 aromatic carbocycles. The van der Waals surface area contributed by atoms with E-state index in [0.717, 1.165) is 19.0 Å². The van der Waals surface area contributed by atoms with E-state index in [1.165, 1.54) is 43.0 Å². The fourth-order valence-corrected chi connectivity index (χ4v) is 3.33. The van der Waals surface area contributed by atoms with E-state index in [9.17, 15) is 0 Å². The summed E-state index contributed by atoms with van der Waals surface area (Å²) in [6.45, 7) is 6.71. The highest BCUT2D eigenvalue weighted by Crippen LogP contribution is 2.28. The molecule has 0 aromatic heterocycles. The molecule has 1 heterocycles. The molecule has 1 saturated carbocycles. The number of amidine groups is 1. The van der Waals surface area contributed by atoms with Gasteiger partial charge in [-0.05, 0) is 24.2 Å². The Hall–Kier alpha value is -0.180. The first-order valence-corrected chi connectivity index (χ1v) is 7.55. The zero-order valence-corrected chi connectivity index (χ0v) is 11.4. The fraction of sp³-hybridized carbons (Fsp3) is 0.923. The number of hydrogen-bond donors (Lipinski definition) is 1. The molecule has 2 aliphatic rings. The van der Waals surface area contributed by atoms with Crippen molar-refractivity contribution in [3.8, 4) is 0 Å². The number of nitrogens with one attached hydrogen (secondary N) is 1. The average Bonchev–Trinajstić information content (AvgIpc) is 2.29. The molecular formula is C13H24N2S. The Labute approximate surface area is 104 Å². The molecule has 2 nitrogen and oxygen atoms in total. The van der Waals surface area contributed by atoms with Gasteiger partial charge >= 0.3 is 0 Å². The van der Waals surface area contributed by atoms with Gasteiger partial charge in [0.25, 0.3) is 0 Å². The third-order valence-corrected chi connectivity index (χ3v) is 4.99. The summed E-state index contributed by atoms with van der Waals surface area (Å²) in [6, 6.07) is 0. The van der Waals surface area contributed by atoms with Crippen LogP contribution in [0.25, 0.3) is 0 Å². The second-order valence-corrected chi connectivity index (χ2v) is 6.92. The van der Waals surface area contributed by atoms with Gasteiger partial charge in [-0.15, -0.1) is 0 Å². The highest BCUT2D eigenvalue weighted by atomic mass is 32.2. The molecule has 3 heteroatoms. The molecule has 0 radical (unpaired) electrons. The van der Waals surface area contributed by atoms with Gasteiger partial charge in [0.05, 0.1) is 0 Å². The van der Waals surface area contributed by atoms with Crippen LogP contribution in [0.2, 0.25) is 0 Å². The Bertz CT molecular complexity index is 255. The van der Waals surface area contributed by atoms with E-state index in [1.807, 2.05) is 11.8 Å². The van der Waals surface area contributed by atoms with Crippen LogP contribution in [0.5, 0.6) is 0 Å². The summed E-state index contributed by atoms with van der Waals surface area (Å²) < 4.78 is 0. The summed E-state index contributed by atoms with van der Waals surface area (Å²) in [5.74, 6) is 2.09. The standard InChI is InChI=1S/C13H24N2S/c1-13(2)9-15-12(16-10-13)14-8-11-6-4-3-5-7-11/h11H,3-10H2,1-2H3,(H,14,15). The van der Waals surface area contributed by atoms with Gasteiger partial charge in [-0.3, -0.25) is 4.99 Å². The molecule has 92 valence electrons. The Morgan fingerprint density at radius 2 is 2.06 bits per heavy atom. The molecule has 0 amide bonds. The van der Waals surface area contributed by atoms with Crippen LogP contribution >= 0.6 is 11.8 Å². The van der Waals surface area contributed by atoms with Crippen molar-refractivity contribution in [3.05, 3.63) is 0 Å². The third kappa shape index (κ3) is 3.69. The molecule has 0 atom stereocenters. The van der Waals surface area contributed by atoms with Crippen molar-refractivity contribution in [2.45, 2.75) is 46.0 Å². The molecule has 0 spiro atoms. The molecule has 2 rings (SSSR count). The van der Waals surface area contributed by atoms with Gasteiger partial charge in [0.1, 0.15) is 0 Å². The molecule has 1 aliphatic carbocycles. The predicted molar refractivity (Wildman–Crippen MR) is 73.1 cm³/mol. The lowest BCUT2D eigenvalue weighted by atomic mass is 9.89. The van der Waals surface area contributed by atoms with Gasteiger partial charge in [-0.2, -0.15) is 0 Å². The number of nitrogens with zero attached hydrogens (tertiary/aromatic N) is 1. The molecule has 0 saturated heterocycles. The average molecular weight is 240 g/mol. The molecule has 0 bridgehead atoms. The fourth-order valence-electron chi connectivity index (χ4n) is 2.37. The normalized spacial score (nSPS) is 26.2. The van der Waals surface area contributed by atoms with Crippen molar-refractivity contribution in [2.24, 2.45) is 16.3 Å². The zero-order chi connectivity index (χ0) is 11.4. The monoisotopic (exact) mass is 240 g/mol. The molecule has 0 unspecified atom stereocenters. The highest BCUT2D eigenvalue weighted by molar-refractivity contribution is 8.13. The SMILES string of the molecule is CC1(C)CN=C(NCC2CCCCC2)SC1. The van der Waals surface area contributed by atoms with Crippen molar-refractivity contribution in [3.63, 3.8) is 0 Å². The first kappa shape index (κ1) is 12.3. The number of hydrogen-bond acceptors (Lipinski definition) is 3. The predicted octanol–water partition coefficient (Wildman–Crippen LogP) is 3.29.